The first-order valence-electron chi connectivity index (χ1n) is 7.16. The van der Waals surface area contributed by atoms with E-state index in [1.54, 1.807) is 18.3 Å². The molecule has 1 aromatic heterocycles. The maximum Gasteiger partial charge on any atom is 0.316 e. The van der Waals surface area contributed by atoms with Crippen molar-refractivity contribution in [2.24, 2.45) is 0 Å². The molecule has 0 bridgehead atoms. The van der Waals surface area contributed by atoms with Gasteiger partial charge in [-0.2, -0.15) is 0 Å². The molecule has 0 saturated carbocycles. The standard InChI is InChI=1S/C18H15NO3S/c20-17(16-6-3-9-19-16)11-22-18(21)12-23-15-8-7-13-4-1-2-5-14(13)10-15/h1-10,19H,11-12H2. The number of H-pyrrole nitrogens is 1. The number of nitrogens with one attached hydrogen (secondary N) is 1. The van der Waals surface area contributed by atoms with E-state index in [9.17, 15) is 9.59 Å². The fraction of sp³-hybridized carbons (Fsp3) is 0.111. The monoisotopic (exact) mass is 325 g/mol. The quantitative estimate of drug-likeness (QED) is 0.427. The Labute approximate surface area is 137 Å². The zero-order valence-corrected chi connectivity index (χ0v) is 13.1. The zero-order chi connectivity index (χ0) is 16.1. The summed E-state index contributed by atoms with van der Waals surface area (Å²) in [6, 6.07) is 17.5. The zero-order valence-electron chi connectivity index (χ0n) is 12.3. The van der Waals surface area contributed by atoms with Gasteiger partial charge >= 0.3 is 5.97 Å². The molecule has 3 aromatic rings. The second-order valence-corrected chi connectivity index (χ2v) is 6.01. The molecule has 0 amide bonds. The minimum Gasteiger partial charge on any atom is -0.457 e. The molecule has 23 heavy (non-hydrogen) atoms. The van der Waals surface area contributed by atoms with Crippen molar-refractivity contribution in [1.82, 2.24) is 4.98 Å². The fourth-order valence-corrected chi connectivity index (χ4v) is 2.91. The van der Waals surface area contributed by atoms with Crippen LogP contribution in [-0.2, 0) is 9.53 Å². The van der Waals surface area contributed by atoms with Crippen molar-refractivity contribution in [3.05, 3.63) is 66.5 Å². The number of thioether (sulfide) groups is 1. The number of Topliss-reactive ketones (excluding diaryl/α,β-unsaturated/α-hetero) is 1. The summed E-state index contributed by atoms with van der Waals surface area (Å²) >= 11 is 1.40. The molecule has 0 aliphatic heterocycles. The van der Waals surface area contributed by atoms with E-state index in [0.717, 1.165) is 15.7 Å². The first kappa shape index (κ1) is 15.4. The summed E-state index contributed by atoms with van der Waals surface area (Å²) in [6.45, 7) is -0.238. The Hall–Kier alpha value is -2.53. The molecule has 0 atom stereocenters. The Balaban J connectivity index is 1.51. The largest absolute Gasteiger partial charge is 0.457 e. The number of hydrogen-bond acceptors (Lipinski definition) is 4. The van der Waals surface area contributed by atoms with Gasteiger partial charge in [-0.3, -0.25) is 9.59 Å². The van der Waals surface area contributed by atoms with Crippen LogP contribution in [0.3, 0.4) is 0 Å². The van der Waals surface area contributed by atoms with Gasteiger partial charge in [-0.25, -0.2) is 0 Å². The van der Waals surface area contributed by atoms with Crippen molar-refractivity contribution < 1.29 is 14.3 Å². The van der Waals surface area contributed by atoms with Crippen LogP contribution in [0.2, 0.25) is 0 Å². The Morgan fingerprint density at radius 3 is 2.61 bits per heavy atom. The normalized spacial score (nSPS) is 10.6. The molecule has 4 nitrogen and oxygen atoms in total. The van der Waals surface area contributed by atoms with E-state index in [0.29, 0.717) is 5.69 Å². The highest BCUT2D eigenvalue weighted by Crippen LogP contribution is 2.23. The van der Waals surface area contributed by atoms with E-state index in [1.165, 1.54) is 11.8 Å². The number of aromatic amines is 1. The van der Waals surface area contributed by atoms with E-state index in [1.807, 2.05) is 42.5 Å². The lowest BCUT2D eigenvalue weighted by molar-refractivity contribution is -0.139. The maximum absolute atomic E-state index is 11.7. The Bertz CT molecular complexity index is 827. The summed E-state index contributed by atoms with van der Waals surface area (Å²) < 4.78 is 5.01. The van der Waals surface area contributed by atoms with Crippen LogP contribution in [0.4, 0.5) is 0 Å². The molecule has 2 aromatic carbocycles. The Morgan fingerprint density at radius 2 is 1.83 bits per heavy atom. The highest BCUT2D eigenvalue weighted by Gasteiger charge is 2.11. The summed E-state index contributed by atoms with van der Waals surface area (Å²) in [4.78, 5) is 27.3. The number of hydrogen-bond donors (Lipinski definition) is 1. The minimum atomic E-state index is -0.400. The van der Waals surface area contributed by atoms with Crippen molar-refractivity contribution in [3.63, 3.8) is 0 Å². The van der Waals surface area contributed by atoms with Gasteiger partial charge in [0.15, 0.2) is 6.61 Å². The number of carbonyl (C=O) groups excluding carboxylic acids is 2. The molecule has 116 valence electrons. The number of ether oxygens (including phenoxy) is 1. The third-order valence-corrected chi connectivity index (χ3v) is 4.31. The molecule has 1 heterocycles. The summed E-state index contributed by atoms with van der Waals surface area (Å²) in [5.41, 5.74) is 0.444. The first-order chi connectivity index (χ1) is 11.2. The molecule has 3 rings (SSSR count). The van der Waals surface area contributed by atoms with E-state index >= 15 is 0 Å². The van der Waals surface area contributed by atoms with Crippen LogP contribution < -0.4 is 0 Å². The third kappa shape index (κ3) is 4.02. The van der Waals surface area contributed by atoms with Gasteiger partial charge in [0.25, 0.3) is 0 Å². The van der Waals surface area contributed by atoms with Crippen LogP contribution in [-0.4, -0.2) is 29.1 Å². The number of benzene rings is 2. The lowest BCUT2D eigenvalue weighted by Crippen LogP contribution is -2.15. The number of aromatic nitrogens is 1. The average Bonchev–Trinajstić information content (AvgIpc) is 3.12. The average molecular weight is 325 g/mol. The highest BCUT2D eigenvalue weighted by atomic mass is 32.2. The van der Waals surface area contributed by atoms with Crippen LogP contribution in [0.5, 0.6) is 0 Å². The minimum absolute atomic E-state index is 0.177. The van der Waals surface area contributed by atoms with E-state index in [4.69, 9.17) is 4.74 Å². The van der Waals surface area contributed by atoms with Crippen molar-refractivity contribution in [2.75, 3.05) is 12.4 Å². The predicted octanol–water partition coefficient (Wildman–Crippen LogP) is 3.69. The lowest BCUT2D eigenvalue weighted by atomic mass is 10.1. The molecule has 1 N–H and O–H groups in total. The van der Waals surface area contributed by atoms with Crippen LogP contribution in [0, 0.1) is 0 Å². The maximum atomic E-state index is 11.7. The highest BCUT2D eigenvalue weighted by molar-refractivity contribution is 8.00. The summed E-state index contributed by atoms with van der Waals surface area (Å²) in [6.07, 6.45) is 1.66. The molecule has 0 unspecified atom stereocenters. The summed E-state index contributed by atoms with van der Waals surface area (Å²) in [5, 5.41) is 2.30. The van der Waals surface area contributed by atoms with Crippen molar-refractivity contribution in [3.8, 4) is 0 Å². The topological polar surface area (TPSA) is 59.2 Å². The molecule has 0 spiro atoms. The second kappa shape index (κ2) is 7.15. The number of rotatable bonds is 6. The molecule has 0 saturated heterocycles. The van der Waals surface area contributed by atoms with E-state index < -0.39 is 5.97 Å². The lowest BCUT2D eigenvalue weighted by Gasteiger charge is -2.05. The fourth-order valence-electron chi connectivity index (χ4n) is 2.17. The van der Waals surface area contributed by atoms with Gasteiger partial charge in [-0.15, -0.1) is 11.8 Å². The van der Waals surface area contributed by atoms with Crippen LogP contribution >= 0.6 is 11.8 Å². The van der Waals surface area contributed by atoms with Crippen LogP contribution in [0.15, 0.2) is 65.7 Å². The molecule has 0 aliphatic carbocycles. The van der Waals surface area contributed by atoms with Gasteiger partial charge in [-0.1, -0.05) is 30.3 Å². The molecular weight excluding hydrogens is 310 g/mol. The van der Waals surface area contributed by atoms with Crippen molar-refractivity contribution in [2.45, 2.75) is 4.90 Å². The molecule has 0 aliphatic rings. The third-order valence-electron chi connectivity index (χ3n) is 3.34. The second-order valence-electron chi connectivity index (χ2n) is 4.97. The van der Waals surface area contributed by atoms with Crippen molar-refractivity contribution in [1.29, 1.82) is 0 Å². The van der Waals surface area contributed by atoms with E-state index in [2.05, 4.69) is 4.98 Å². The molecule has 5 heteroatoms. The number of esters is 1. The number of ketones is 1. The number of fused-ring (bicyclic) bond motifs is 1. The molecular formula is C18H15NO3S. The van der Waals surface area contributed by atoms with E-state index in [-0.39, 0.29) is 18.1 Å². The van der Waals surface area contributed by atoms with Crippen LogP contribution in [0.1, 0.15) is 10.5 Å². The van der Waals surface area contributed by atoms with Crippen molar-refractivity contribution >= 4 is 34.3 Å². The van der Waals surface area contributed by atoms with Gasteiger partial charge in [0, 0.05) is 11.1 Å². The SMILES string of the molecule is O=C(CSc1ccc2ccccc2c1)OCC(=O)c1ccc[nH]1. The number of carbonyl (C=O) groups is 2. The van der Waals surface area contributed by atoms with Gasteiger partial charge in [-0.05, 0) is 35.0 Å². The van der Waals surface area contributed by atoms with Gasteiger partial charge in [0.1, 0.15) is 0 Å². The van der Waals surface area contributed by atoms with Crippen LogP contribution in [0.25, 0.3) is 10.8 Å². The Morgan fingerprint density at radius 1 is 1.00 bits per heavy atom. The summed E-state index contributed by atoms with van der Waals surface area (Å²) in [7, 11) is 0. The molecule has 0 radical (unpaired) electrons. The smallest absolute Gasteiger partial charge is 0.316 e. The summed E-state index contributed by atoms with van der Waals surface area (Å²) in [5.74, 6) is -0.460. The van der Waals surface area contributed by atoms with Gasteiger partial charge in [0.2, 0.25) is 5.78 Å². The predicted molar refractivity (Wildman–Crippen MR) is 90.8 cm³/mol. The van der Waals surface area contributed by atoms with Gasteiger partial charge in [0.05, 0.1) is 11.4 Å². The first-order valence-corrected chi connectivity index (χ1v) is 8.15. The Kier molecular flexibility index (Phi) is 4.78. The molecule has 0 fully saturated rings. The van der Waals surface area contributed by atoms with Gasteiger partial charge < -0.3 is 9.72 Å².